The van der Waals surface area contributed by atoms with Crippen molar-refractivity contribution in [2.24, 2.45) is 0 Å². The predicted molar refractivity (Wildman–Crippen MR) is 88.1 cm³/mol. The van der Waals surface area contributed by atoms with E-state index in [1.165, 1.54) is 10.4 Å². The van der Waals surface area contributed by atoms with E-state index in [2.05, 4.69) is 52.0 Å². The average molecular weight is 302 g/mol. The lowest BCUT2D eigenvalue weighted by atomic mass is 10.1. The quantitative estimate of drug-likeness (QED) is 0.942. The molecule has 1 aliphatic rings. The molecule has 1 aromatic carbocycles. The summed E-state index contributed by atoms with van der Waals surface area (Å²) in [5.74, 6) is 0. The Morgan fingerprint density at radius 1 is 1.24 bits per heavy atom. The molecule has 4 nitrogen and oxygen atoms in total. The van der Waals surface area contributed by atoms with Crippen LogP contribution in [0.25, 0.3) is 0 Å². The van der Waals surface area contributed by atoms with E-state index in [0.717, 1.165) is 32.7 Å². The Balaban J connectivity index is 1.54. The van der Waals surface area contributed by atoms with Gasteiger partial charge in [0, 0.05) is 49.8 Å². The van der Waals surface area contributed by atoms with Crippen molar-refractivity contribution in [2.45, 2.75) is 26.1 Å². The van der Waals surface area contributed by atoms with Gasteiger partial charge in [-0.15, -0.1) is 11.3 Å². The summed E-state index contributed by atoms with van der Waals surface area (Å²) in [6.07, 6.45) is 1.91. The zero-order valence-electron chi connectivity index (χ0n) is 12.4. The van der Waals surface area contributed by atoms with E-state index in [4.69, 9.17) is 5.73 Å². The van der Waals surface area contributed by atoms with Crippen LogP contribution in [0, 0.1) is 0 Å². The Hall–Kier alpha value is -1.43. The lowest BCUT2D eigenvalue weighted by molar-refractivity contribution is 0.0740. The Kier molecular flexibility index (Phi) is 4.53. The van der Waals surface area contributed by atoms with E-state index in [1.807, 2.05) is 6.20 Å². The van der Waals surface area contributed by atoms with Gasteiger partial charge >= 0.3 is 0 Å². The van der Waals surface area contributed by atoms with Gasteiger partial charge in [0.2, 0.25) is 0 Å². The van der Waals surface area contributed by atoms with Gasteiger partial charge < -0.3 is 5.73 Å². The predicted octanol–water partition coefficient (Wildman–Crippen LogP) is 2.43. The summed E-state index contributed by atoms with van der Waals surface area (Å²) < 4.78 is 0. The number of nitrogens with zero attached hydrogens (tertiary/aromatic N) is 3. The second kappa shape index (κ2) is 6.56. The summed E-state index contributed by atoms with van der Waals surface area (Å²) in [6.45, 7) is 7.66. The molecule has 3 rings (SSSR count). The summed E-state index contributed by atoms with van der Waals surface area (Å²) >= 11 is 1.60. The van der Waals surface area contributed by atoms with Crippen LogP contribution < -0.4 is 5.73 Å². The normalized spacial score (nSPS) is 20.7. The molecule has 1 saturated heterocycles. The molecule has 1 aliphatic heterocycles. The highest BCUT2D eigenvalue weighted by atomic mass is 32.1. The van der Waals surface area contributed by atoms with Crippen LogP contribution >= 0.6 is 11.3 Å². The molecule has 0 saturated carbocycles. The molecule has 0 spiro atoms. The molecule has 0 amide bonds. The maximum Gasteiger partial charge on any atom is 0.180 e. The Labute approximate surface area is 130 Å². The van der Waals surface area contributed by atoms with Crippen molar-refractivity contribution in [1.82, 2.24) is 14.8 Å². The fraction of sp³-hybridized carbons (Fsp3) is 0.438. The van der Waals surface area contributed by atoms with Gasteiger partial charge in [-0.05, 0) is 12.5 Å². The number of nitrogen functional groups attached to an aromatic ring is 1. The van der Waals surface area contributed by atoms with Gasteiger partial charge in [0.15, 0.2) is 5.13 Å². The van der Waals surface area contributed by atoms with E-state index in [9.17, 15) is 0 Å². The summed E-state index contributed by atoms with van der Waals surface area (Å²) in [6, 6.07) is 11.3. The molecule has 1 aromatic heterocycles. The number of hydrogen-bond acceptors (Lipinski definition) is 5. The monoisotopic (exact) mass is 302 g/mol. The lowest BCUT2D eigenvalue weighted by Crippen LogP contribution is -2.50. The van der Waals surface area contributed by atoms with Crippen LogP contribution in [0.3, 0.4) is 0 Å². The van der Waals surface area contributed by atoms with Gasteiger partial charge in [0.05, 0.1) is 0 Å². The highest BCUT2D eigenvalue weighted by Gasteiger charge is 2.24. The largest absolute Gasteiger partial charge is 0.375 e. The van der Waals surface area contributed by atoms with Gasteiger partial charge in [-0.25, -0.2) is 4.98 Å². The van der Waals surface area contributed by atoms with Crippen LogP contribution in [0.4, 0.5) is 5.13 Å². The molecule has 1 atom stereocenters. The summed E-state index contributed by atoms with van der Waals surface area (Å²) in [5, 5.41) is 0.667. The fourth-order valence-corrected chi connectivity index (χ4v) is 3.60. The van der Waals surface area contributed by atoms with Crippen LogP contribution in [-0.2, 0) is 13.1 Å². The van der Waals surface area contributed by atoms with Gasteiger partial charge in [-0.3, -0.25) is 9.80 Å². The molecule has 2 N–H and O–H groups in total. The summed E-state index contributed by atoms with van der Waals surface area (Å²) in [7, 11) is 0. The highest BCUT2D eigenvalue weighted by Crippen LogP contribution is 2.20. The molecule has 0 unspecified atom stereocenters. The second-order valence-electron chi connectivity index (χ2n) is 5.71. The van der Waals surface area contributed by atoms with Crippen molar-refractivity contribution >= 4 is 16.5 Å². The molecule has 112 valence electrons. The Bertz CT molecular complexity index is 569. The number of piperazine rings is 1. The number of thiazole rings is 1. The zero-order valence-corrected chi connectivity index (χ0v) is 13.2. The maximum atomic E-state index is 5.71. The van der Waals surface area contributed by atoms with Gasteiger partial charge in [-0.2, -0.15) is 0 Å². The summed E-state index contributed by atoms with van der Waals surface area (Å²) in [4.78, 5) is 10.5. The number of rotatable bonds is 4. The van der Waals surface area contributed by atoms with E-state index in [0.29, 0.717) is 11.2 Å². The minimum absolute atomic E-state index is 0.561. The van der Waals surface area contributed by atoms with Crippen molar-refractivity contribution in [3.8, 4) is 0 Å². The van der Waals surface area contributed by atoms with Crippen molar-refractivity contribution < 1.29 is 0 Å². The van der Waals surface area contributed by atoms with E-state index >= 15 is 0 Å². The molecule has 0 radical (unpaired) electrons. The number of hydrogen-bond donors (Lipinski definition) is 1. The molecular weight excluding hydrogens is 280 g/mol. The van der Waals surface area contributed by atoms with Crippen molar-refractivity contribution in [2.75, 3.05) is 25.4 Å². The van der Waals surface area contributed by atoms with E-state index in [1.54, 1.807) is 11.3 Å². The lowest BCUT2D eigenvalue weighted by Gasteiger charge is -2.39. The third-order valence-corrected chi connectivity index (χ3v) is 4.84. The first-order valence-electron chi connectivity index (χ1n) is 7.41. The molecule has 1 fully saturated rings. The fourth-order valence-electron chi connectivity index (χ4n) is 2.89. The number of anilines is 1. The minimum atomic E-state index is 0.561. The third-order valence-electron chi connectivity index (χ3n) is 4.03. The average Bonchev–Trinajstić information content (AvgIpc) is 2.88. The minimum Gasteiger partial charge on any atom is -0.375 e. The SMILES string of the molecule is C[C@@H]1CN(Cc2ccccc2)CCN1Cc1cnc(N)s1. The van der Waals surface area contributed by atoms with Gasteiger partial charge in [0.1, 0.15) is 0 Å². The van der Waals surface area contributed by atoms with Gasteiger partial charge in [0.25, 0.3) is 0 Å². The highest BCUT2D eigenvalue weighted by molar-refractivity contribution is 7.15. The van der Waals surface area contributed by atoms with E-state index < -0.39 is 0 Å². The van der Waals surface area contributed by atoms with Crippen molar-refractivity contribution in [3.63, 3.8) is 0 Å². The van der Waals surface area contributed by atoms with Gasteiger partial charge in [-0.1, -0.05) is 30.3 Å². The molecule has 0 aliphatic carbocycles. The second-order valence-corrected chi connectivity index (χ2v) is 6.85. The number of aromatic nitrogens is 1. The van der Waals surface area contributed by atoms with E-state index in [-0.39, 0.29) is 0 Å². The Morgan fingerprint density at radius 2 is 2.05 bits per heavy atom. The first kappa shape index (κ1) is 14.5. The first-order valence-corrected chi connectivity index (χ1v) is 8.23. The van der Waals surface area contributed by atoms with Crippen LogP contribution in [0.5, 0.6) is 0 Å². The van der Waals surface area contributed by atoms with Crippen LogP contribution in [0.2, 0.25) is 0 Å². The zero-order chi connectivity index (χ0) is 14.7. The molecule has 21 heavy (non-hydrogen) atoms. The molecule has 0 bridgehead atoms. The van der Waals surface area contributed by atoms with Crippen LogP contribution in [0.1, 0.15) is 17.4 Å². The third kappa shape index (κ3) is 3.81. The smallest absolute Gasteiger partial charge is 0.180 e. The van der Waals surface area contributed by atoms with Crippen molar-refractivity contribution in [3.05, 3.63) is 47.0 Å². The molecule has 5 heteroatoms. The maximum absolute atomic E-state index is 5.71. The first-order chi connectivity index (χ1) is 10.2. The summed E-state index contributed by atoms with van der Waals surface area (Å²) in [5.41, 5.74) is 7.10. The van der Waals surface area contributed by atoms with Crippen LogP contribution in [0.15, 0.2) is 36.5 Å². The molecular formula is C16H22N4S. The molecule has 2 heterocycles. The standard InChI is InChI=1S/C16H22N4S/c1-13-10-19(11-14-5-3-2-4-6-14)7-8-20(13)12-15-9-18-16(17)21-15/h2-6,9,13H,7-8,10-12H2,1H3,(H2,17,18)/t13-/m1/s1. The number of nitrogens with two attached hydrogens (primary N) is 1. The molecule has 2 aromatic rings. The van der Waals surface area contributed by atoms with Crippen LogP contribution in [-0.4, -0.2) is 40.5 Å². The number of benzene rings is 1. The Morgan fingerprint density at radius 3 is 2.71 bits per heavy atom. The topological polar surface area (TPSA) is 45.4 Å². The van der Waals surface area contributed by atoms with Crippen molar-refractivity contribution in [1.29, 1.82) is 0 Å².